The zero-order chi connectivity index (χ0) is 13.7. The van der Waals surface area contributed by atoms with Gasteiger partial charge >= 0.3 is 0 Å². The molecule has 1 aromatic heterocycles. The Morgan fingerprint density at radius 3 is 2.95 bits per heavy atom. The van der Waals surface area contributed by atoms with Crippen molar-refractivity contribution in [3.8, 4) is 0 Å². The minimum atomic E-state index is 0.183. The third kappa shape index (κ3) is 4.23. The largest absolute Gasteiger partial charge is 0.349 e. The average molecular weight is 298 g/mol. The Morgan fingerprint density at radius 1 is 1.37 bits per heavy atom. The van der Waals surface area contributed by atoms with E-state index in [9.17, 15) is 0 Å². The van der Waals surface area contributed by atoms with Crippen LogP contribution in [0, 0.1) is 0 Å². The van der Waals surface area contributed by atoms with Gasteiger partial charge in [0.1, 0.15) is 5.82 Å². The van der Waals surface area contributed by atoms with Gasteiger partial charge in [-0.15, -0.1) is 0 Å². The van der Waals surface area contributed by atoms with Crippen molar-refractivity contribution in [2.45, 2.75) is 25.8 Å². The minimum absolute atomic E-state index is 0.183. The number of benzene rings is 1. The first-order valence-electron chi connectivity index (χ1n) is 6.33. The predicted molar refractivity (Wildman–Crippen MR) is 79.8 cm³/mol. The SMILES string of the molecule is CC(NCCCc1ncc[nH]1)c1cc(Cl)ccc1Cl. The van der Waals surface area contributed by atoms with E-state index in [0.29, 0.717) is 5.02 Å². The second kappa shape index (κ2) is 6.94. The molecule has 1 atom stereocenters. The van der Waals surface area contributed by atoms with E-state index < -0.39 is 0 Å². The summed E-state index contributed by atoms with van der Waals surface area (Å²) in [6.07, 6.45) is 5.58. The molecule has 2 aromatic rings. The molecule has 0 amide bonds. The highest BCUT2D eigenvalue weighted by Gasteiger charge is 2.09. The highest BCUT2D eigenvalue weighted by atomic mass is 35.5. The first-order chi connectivity index (χ1) is 9.16. The second-order valence-corrected chi connectivity index (χ2v) is 5.32. The van der Waals surface area contributed by atoms with Gasteiger partial charge in [0.2, 0.25) is 0 Å². The van der Waals surface area contributed by atoms with Crippen LogP contribution >= 0.6 is 23.2 Å². The summed E-state index contributed by atoms with van der Waals surface area (Å²) in [6.45, 7) is 3.00. The monoisotopic (exact) mass is 297 g/mol. The van der Waals surface area contributed by atoms with E-state index >= 15 is 0 Å². The van der Waals surface area contributed by atoms with Gasteiger partial charge in [0, 0.05) is 34.9 Å². The average Bonchev–Trinajstić information content (AvgIpc) is 2.90. The molecule has 0 aliphatic heterocycles. The van der Waals surface area contributed by atoms with Gasteiger partial charge in [-0.25, -0.2) is 4.98 Å². The van der Waals surface area contributed by atoms with Crippen molar-refractivity contribution in [3.63, 3.8) is 0 Å². The summed E-state index contributed by atoms with van der Waals surface area (Å²) < 4.78 is 0. The van der Waals surface area contributed by atoms with Crippen LogP contribution in [-0.2, 0) is 6.42 Å². The second-order valence-electron chi connectivity index (χ2n) is 4.48. The Balaban J connectivity index is 1.80. The van der Waals surface area contributed by atoms with Crippen LogP contribution in [0.5, 0.6) is 0 Å². The van der Waals surface area contributed by atoms with Gasteiger partial charge in [0.25, 0.3) is 0 Å². The Labute approximate surface area is 123 Å². The topological polar surface area (TPSA) is 40.7 Å². The molecule has 0 bridgehead atoms. The Kier molecular flexibility index (Phi) is 5.25. The number of aromatic nitrogens is 2. The quantitative estimate of drug-likeness (QED) is 0.791. The van der Waals surface area contributed by atoms with Gasteiger partial charge in [-0.05, 0) is 43.7 Å². The Morgan fingerprint density at radius 2 is 2.21 bits per heavy atom. The van der Waals surface area contributed by atoms with Crippen LogP contribution in [-0.4, -0.2) is 16.5 Å². The third-order valence-corrected chi connectivity index (χ3v) is 3.60. The smallest absolute Gasteiger partial charge is 0.106 e. The van der Waals surface area contributed by atoms with Gasteiger partial charge in [-0.2, -0.15) is 0 Å². The van der Waals surface area contributed by atoms with Crippen molar-refractivity contribution in [2.75, 3.05) is 6.54 Å². The summed E-state index contributed by atoms with van der Waals surface area (Å²) in [5.41, 5.74) is 1.03. The van der Waals surface area contributed by atoms with Gasteiger partial charge in [-0.3, -0.25) is 0 Å². The van der Waals surface area contributed by atoms with Crippen molar-refractivity contribution in [1.82, 2.24) is 15.3 Å². The molecule has 1 unspecified atom stereocenters. The van der Waals surface area contributed by atoms with Crippen molar-refractivity contribution in [2.24, 2.45) is 0 Å². The van der Waals surface area contributed by atoms with Crippen LogP contribution in [0.1, 0.15) is 30.8 Å². The maximum absolute atomic E-state index is 6.17. The summed E-state index contributed by atoms with van der Waals surface area (Å²) in [5, 5.41) is 4.90. The number of halogens is 2. The van der Waals surface area contributed by atoms with E-state index in [2.05, 4.69) is 22.2 Å². The van der Waals surface area contributed by atoms with Crippen molar-refractivity contribution in [1.29, 1.82) is 0 Å². The van der Waals surface area contributed by atoms with E-state index in [0.717, 1.165) is 35.8 Å². The number of H-pyrrole nitrogens is 1. The lowest BCUT2D eigenvalue weighted by Gasteiger charge is -2.15. The van der Waals surface area contributed by atoms with E-state index in [1.54, 1.807) is 12.3 Å². The van der Waals surface area contributed by atoms with E-state index in [1.165, 1.54) is 0 Å². The maximum atomic E-state index is 6.17. The molecule has 0 spiro atoms. The van der Waals surface area contributed by atoms with E-state index in [-0.39, 0.29) is 6.04 Å². The van der Waals surface area contributed by atoms with Crippen LogP contribution in [0.4, 0.5) is 0 Å². The van der Waals surface area contributed by atoms with E-state index in [1.807, 2.05) is 18.3 Å². The van der Waals surface area contributed by atoms with Crippen LogP contribution in [0.25, 0.3) is 0 Å². The number of rotatable bonds is 6. The number of nitrogens with one attached hydrogen (secondary N) is 2. The molecule has 3 nitrogen and oxygen atoms in total. The molecule has 19 heavy (non-hydrogen) atoms. The summed E-state index contributed by atoms with van der Waals surface area (Å²) >= 11 is 12.2. The fraction of sp³-hybridized carbons (Fsp3) is 0.357. The normalized spacial score (nSPS) is 12.6. The zero-order valence-corrected chi connectivity index (χ0v) is 12.3. The predicted octanol–water partition coefficient (Wildman–Crippen LogP) is 4.00. The number of imidazole rings is 1. The standard InChI is InChI=1S/C14H17Cl2N3/c1-10(12-9-11(15)4-5-13(12)16)17-6-2-3-14-18-7-8-19-14/h4-5,7-10,17H,2-3,6H2,1H3,(H,18,19). The van der Waals surface area contributed by atoms with Crippen LogP contribution in [0.2, 0.25) is 10.0 Å². The molecule has 102 valence electrons. The molecular weight excluding hydrogens is 281 g/mol. The first kappa shape index (κ1) is 14.4. The van der Waals surface area contributed by atoms with Crippen molar-refractivity contribution >= 4 is 23.2 Å². The zero-order valence-electron chi connectivity index (χ0n) is 10.8. The summed E-state index contributed by atoms with van der Waals surface area (Å²) in [5.74, 6) is 1.02. The molecule has 0 aliphatic carbocycles. The molecule has 0 radical (unpaired) electrons. The van der Waals surface area contributed by atoms with Crippen LogP contribution in [0.15, 0.2) is 30.6 Å². The lowest BCUT2D eigenvalue weighted by atomic mass is 10.1. The Hall–Kier alpha value is -1.03. The molecular formula is C14H17Cl2N3. The lowest BCUT2D eigenvalue weighted by Crippen LogP contribution is -2.20. The van der Waals surface area contributed by atoms with Crippen LogP contribution < -0.4 is 5.32 Å². The summed E-state index contributed by atoms with van der Waals surface area (Å²) in [6, 6.07) is 5.73. The summed E-state index contributed by atoms with van der Waals surface area (Å²) in [7, 11) is 0. The van der Waals surface area contributed by atoms with Gasteiger partial charge < -0.3 is 10.3 Å². The number of nitrogens with zero attached hydrogens (tertiary/aromatic N) is 1. The van der Waals surface area contributed by atoms with E-state index in [4.69, 9.17) is 23.2 Å². The maximum Gasteiger partial charge on any atom is 0.106 e. The Bertz CT molecular complexity index is 511. The number of aromatic amines is 1. The number of aryl methyl sites for hydroxylation is 1. The molecule has 0 fully saturated rings. The van der Waals surface area contributed by atoms with Crippen molar-refractivity contribution in [3.05, 3.63) is 52.0 Å². The number of hydrogen-bond acceptors (Lipinski definition) is 2. The van der Waals surface area contributed by atoms with Gasteiger partial charge in [0.05, 0.1) is 0 Å². The molecule has 0 aliphatic rings. The third-order valence-electron chi connectivity index (χ3n) is 3.02. The fourth-order valence-corrected chi connectivity index (χ4v) is 2.43. The molecule has 2 N–H and O–H groups in total. The fourth-order valence-electron chi connectivity index (χ4n) is 1.97. The first-order valence-corrected chi connectivity index (χ1v) is 7.09. The molecule has 5 heteroatoms. The highest BCUT2D eigenvalue weighted by Crippen LogP contribution is 2.26. The molecule has 1 aromatic carbocycles. The summed E-state index contributed by atoms with van der Waals surface area (Å²) in [4.78, 5) is 7.29. The number of hydrogen-bond donors (Lipinski definition) is 2. The van der Waals surface area contributed by atoms with Crippen molar-refractivity contribution < 1.29 is 0 Å². The van der Waals surface area contributed by atoms with Gasteiger partial charge in [0.15, 0.2) is 0 Å². The van der Waals surface area contributed by atoms with Gasteiger partial charge in [-0.1, -0.05) is 23.2 Å². The molecule has 2 rings (SSSR count). The molecule has 0 saturated heterocycles. The molecule has 0 saturated carbocycles. The minimum Gasteiger partial charge on any atom is -0.349 e. The molecule has 1 heterocycles. The lowest BCUT2D eigenvalue weighted by molar-refractivity contribution is 0.555. The van der Waals surface area contributed by atoms with Crippen LogP contribution in [0.3, 0.4) is 0 Å². The highest BCUT2D eigenvalue weighted by molar-refractivity contribution is 6.33.